The zero-order valence-corrected chi connectivity index (χ0v) is 9.89. The Bertz CT molecular complexity index is 363. The SMILES string of the molecule is C[N+](C)(C)C.O=C(O)c1cc(O)ccc1[O-]. The van der Waals surface area contributed by atoms with E-state index in [4.69, 9.17) is 10.2 Å². The molecule has 0 unspecified atom stereocenters. The van der Waals surface area contributed by atoms with Gasteiger partial charge in [-0.1, -0.05) is 11.8 Å². The fraction of sp³-hybridized carbons (Fsp3) is 0.364. The van der Waals surface area contributed by atoms with Crippen LogP contribution in [0, 0.1) is 0 Å². The highest BCUT2D eigenvalue weighted by molar-refractivity contribution is 5.90. The first-order valence-electron chi connectivity index (χ1n) is 4.63. The number of hydrogen-bond donors (Lipinski definition) is 2. The van der Waals surface area contributed by atoms with Crippen molar-refractivity contribution in [3.05, 3.63) is 23.8 Å². The van der Waals surface area contributed by atoms with Crippen molar-refractivity contribution < 1.29 is 24.6 Å². The first kappa shape index (κ1) is 14.2. The summed E-state index contributed by atoms with van der Waals surface area (Å²) in [6.07, 6.45) is 0. The van der Waals surface area contributed by atoms with Crippen LogP contribution in [0.4, 0.5) is 0 Å². The zero-order valence-electron chi connectivity index (χ0n) is 9.89. The molecule has 1 rings (SSSR count). The van der Waals surface area contributed by atoms with E-state index in [1.807, 2.05) is 0 Å². The van der Waals surface area contributed by atoms with E-state index in [-0.39, 0.29) is 5.75 Å². The third-order valence-corrected chi connectivity index (χ3v) is 1.19. The number of quaternary nitrogens is 1. The van der Waals surface area contributed by atoms with E-state index in [2.05, 4.69) is 28.2 Å². The number of benzene rings is 1. The maximum atomic E-state index is 10.7. The molecular weight excluding hydrogens is 210 g/mol. The second-order valence-electron chi connectivity index (χ2n) is 4.67. The number of aromatic hydroxyl groups is 1. The minimum Gasteiger partial charge on any atom is -0.872 e. The van der Waals surface area contributed by atoms with Crippen molar-refractivity contribution in [2.24, 2.45) is 0 Å². The van der Waals surface area contributed by atoms with E-state index in [0.717, 1.165) is 22.7 Å². The molecule has 0 aliphatic rings. The van der Waals surface area contributed by atoms with Gasteiger partial charge in [-0.2, -0.15) is 0 Å². The van der Waals surface area contributed by atoms with Crippen LogP contribution in [0.2, 0.25) is 0 Å². The normalized spacial score (nSPS) is 10.2. The van der Waals surface area contributed by atoms with E-state index >= 15 is 0 Å². The van der Waals surface area contributed by atoms with Crippen LogP contribution in [0.5, 0.6) is 11.5 Å². The van der Waals surface area contributed by atoms with Crippen LogP contribution in [-0.2, 0) is 0 Å². The molecule has 90 valence electrons. The summed E-state index contributed by atoms with van der Waals surface area (Å²) >= 11 is 0. The maximum Gasteiger partial charge on any atom is 0.335 e. The first-order valence-corrected chi connectivity index (χ1v) is 4.63. The van der Waals surface area contributed by atoms with Gasteiger partial charge in [-0.15, -0.1) is 0 Å². The molecule has 0 aromatic heterocycles. The second kappa shape index (κ2) is 5.37. The predicted molar refractivity (Wildman–Crippen MR) is 58.5 cm³/mol. The Labute approximate surface area is 94.8 Å². The lowest BCUT2D eigenvalue weighted by molar-refractivity contribution is -0.849. The average Bonchev–Trinajstić information content (AvgIpc) is 2.06. The molecule has 0 fully saturated rings. The molecule has 0 atom stereocenters. The topological polar surface area (TPSA) is 80.6 Å². The van der Waals surface area contributed by atoms with Gasteiger partial charge in [-0.25, -0.2) is 4.79 Å². The Morgan fingerprint density at radius 3 is 2.00 bits per heavy atom. The fourth-order valence-electron chi connectivity index (χ4n) is 0.685. The van der Waals surface area contributed by atoms with E-state index < -0.39 is 17.3 Å². The predicted octanol–water partition coefficient (Wildman–Crippen LogP) is 0.486. The van der Waals surface area contributed by atoms with Crippen molar-refractivity contribution >= 4 is 5.97 Å². The Morgan fingerprint density at radius 2 is 1.69 bits per heavy atom. The fourth-order valence-corrected chi connectivity index (χ4v) is 0.685. The summed E-state index contributed by atoms with van der Waals surface area (Å²) in [6, 6.07) is 3.08. The van der Waals surface area contributed by atoms with Gasteiger partial charge in [0.05, 0.1) is 33.8 Å². The number of carbonyl (C=O) groups is 1. The molecule has 5 heteroatoms. The summed E-state index contributed by atoms with van der Waals surface area (Å²) in [5.41, 5.74) is -0.412. The number of phenolic OH excluding ortho intramolecular Hbond substituents is 1. The molecule has 2 N–H and O–H groups in total. The van der Waals surface area contributed by atoms with Gasteiger partial charge < -0.3 is 19.8 Å². The summed E-state index contributed by atoms with van der Waals surface area (Å²) < 4.78 is 1.00. The number of rotatable bonds is 1. The third-order valence-electron chi connectivity index (χ3n) is 1.19. The molecule has 0 amide bonds. The third kappa shape index (κ3) is 6.67. The summed E-state index contributed by atoms with van der Waals surface area (Å²) in [4.78, 5) is 10.3. The summed E-state index contributed by atoms with van der Waals surface area (Å²) in [5.74, 6) is -2.15. The monoisotopic (exact) mass is 227 g/mol. The van der Waals surface area contributed by atoms with Gasteiger partial charge in [-0.05, 0) is 12.1 Å². The van der Waals surface area contributed by atoms with Crippen LogP contribution in [0.3, 0.4) is 0 Å². The lowest BCUT2D eigenvalue weighted by Gasteiger charge is -2.14. The van der Waals surface area contributed by atoms with Gasteiger partial charge in [0.15, 0.2) is 0 Å². The van der Waals surface area contributed by atoms with Gasteiger partial charge in [0.1, 0.15) is 5.75 Å². The quantitative estimate of drug-likeness (QED) is 0.684. The lowest BCUT2D eigenvalue weighted by Crippen LogP contribution is -2.27. The smallest absolute Gasteiger partial charge is 0.335 e. The first-order chi connectivity index (χ1) is 7.11. The van der Waals surface area contributed by atoms with Crippen LogP contribution in [0.1, 0.15) is 10.4 Å². The second-order valence-corrected chi connectivity index (χ2v) is 4.67. The molecule has 0 aliphatic heterocycles. The van der Waals surface area contributed by atoms with Crippen LogP contribution < -0.4 is 5.11 Å². The van der Waals surface area contributed by atoms with E-state index in [0.29, 0.717) is 0 Å². The zero-order chi connectivity index (χ0) is 12.9. The number of phenols is 1. The highest BCUT2D eigenvalue weighted by Gasteiger charge is 2.03. The molecule has 1 aromatic carbocycles. The lowest BCUT2D eigenvalue weighted by atomic mass is 10.2. The molecule has 0 saturated heterocycles. The maximum absolute atomic E-state index is 10.7. The van der Waals surface area contributed by atoms with Crippen molar-refractivity contribution in [2.75, 3.05) is 28.2 Å². The Hall–Kier alpha value is -1.75. The number of carboxylic acids is 1. The van der Waals surface area contributed by atoms with Crippen molar-refractivity contribution in [3.63, 3.8) is 0 Å². The molecule has 16 heavy (non-hydrogen) atoms. The number of carboxylic acid groups (broad SMARTS) is 1. The Morgan fingerprint density at radius 1 is 1.25 bits per heavy atom. The van der Waals surface area contributed by atoms with E-state index in [1.165, 1.54) is 0 Å². The molecule has 0 aliphatic carbocycles. The van der Waals surface area contributed by atoms with Crippen molar-refractivity contribution in [1.29, 1.82) is 0 Å². The molecule has 0 heterocycles. The highest BCUT2D eigenvalue weighted by Crippen LogP contribution is 2.19. The van der Waals surface area contributed by atoms with Gasteiger partial charge in [-0.3, -0.25) is 0 Å². The molecule has 0 bridgehead atoms. The minimum atomic E-state index is -1.33. The van der Waals surface area contributed by atoms with Gasteiger partial charge in [0.2, 0.25) is 0 Å². The van der Waals surface area contributed by atoms with Crippen LogP contribution in [0.15, 0.2) is 18.2 Å². The summed E-state index contributed by atoms with van der Waals surface area (Å²) in [6.45, 7) is 0. The minimum absolute atomic E-state index is 0.220. The van der Waals surface area contributed by atoms with Crippen LogP contribution >= 0.6 is 0 Å². The Kier molecular flexibility index (Phi) is 4.78. The molecular formula is C11H17NO4. The molecule has 0 saturated carbocycles. The van der Waals surface area contributed by atoms with E-state index in [9.17, 15) is 9.90 Å². The molecule has 1 aromatic rings. The summed E-state index contributed by atoms with van der Waals surface area (Å²) in [5, 5.41) is 27.9. The summed E-state index contributed by atoms with van der Waals surface area (Å²) in [7, 11) is 8.50. The number of aromatic carboxylic acids is 1. The highest BCUT2D eigenvalue weighted by atomic mass is 16.4. The van der Waals surface area contributed by atoms with Crippen molar-refractivity contribution in [2.45, 2.75) is 0 Å². The standard InChI is InChI=1S/C7H6O4.C4H12N/c8-4-1-2-6(9)5(3-4)7(10)11;1-5(2,3)4/h1-3,8-9H,(H,10,11);1-4H3/q;+1/p-1. The van der Waals surface area contributed by atoms with Crippen LogP contribution in [-0.4, -0.2) is 48.9 Å². The van der Waals surface area contributed by atoms with Gasteiger partial charge in [0, 0.05) is 0 Å². The largest absolute Gasteiger partial charge is 0.872 e. The van der Waals surface area contributed by atoms with Crippen molar-refractivity contribution in [1.82, 2.24) is 0 Å². The van der Waals surface area contributed by atoms with Gasteiger partial charge >= 0.3 is 5.97 Å². The van der Waals surface area contributed by atoms with Crippen molar-refractivity contribution in [3.8, 4) is 11.5 Å². The molecule has 0 radical (unpaired) electrons. The van der Waals surface area contributed by atoms with E-state index in [1.54, 1.807) is 0 Å². The molecule has 0 spiro atoms. The number of hydrogen-bond acceptors (Lipinski definition) is 3. The van der Waals surface area contributed by atoms with Crippen LogP contribution in [0.25, 0.3) is 0 Å². The molecule has 5 nitrogen and oxygen atoms in total. The average molecular weight is 227 g/mol. The Balaban J connectivity index is 0.000000385. The number of nitrogens with zero attached hydrogens (tertiary/aromatic N) is 1. The van der Waals surface area contributed by atoms with Gasteiger partial charge in [0.25, 0.3) is 0 Å².